The SMILES string of the molecule is CC(Oc1cccc(Cl)c1Cl)C(=O)Nc1ccc(N)cc1. The highest BCUT2D eigenvalue weighted by Gasteiger charge is 2.17. The molecule has 0 heterocycles. The van der Waals surface area contributed by atoms with E-state index in [1.54, 1.807) is 49.4 Å². The van der Waals surface area contributed by atoms with Crippen molar-refractivity contribution in [3.63, 3.8) is 0 Å². The van der Waals surface area contributed by atoms with Gasteiger partial charge in [-0.2, -0.15) is 0 Å². The molecule has 2 aromatic rings. The number of halogens is 2. The number of hydrogen-bond acceptors (Lipinski definition) is 3. The van der Waals surface area contributed by atoms with Crippen LogP contribution in [-0.4, -0.2) is 12.0 Å². The molecule has 1 unspecified atom stereocenters. The van der Waals surface area contributed by atoms with E-state index in [9.17, 15) is 4.79 Å². The highest BCUT2D eigenvalue weighted by atomic mass is 35.5. The van der Waals surface area contributed by atoms with Crippen LogP contribution in [-0.2, 0) is 4.79 Å². The van der Waals surface area contributed by atoms with Gasteiger partial charge in [-0.25, -0.2) is 0 Å². The predicted octanol–water partition coefficient (Wildman–Crippen LogP) is 3.98. The monoisotopic (exact) mass is 324 g/mol. The van der Waals surface area contributed by atoms with E-state index in [4.69, 9.17) is 33.7 Å². The predicted molar refractivity (Wildman–Crippen MR) is 86.0 cm³/mol. The number of carbonyl (C=O) groups is 1. The van der Waals surface area contributed by atoms with Crippen molar-refractivity contribution < 1.29 is 9.53 Å². The second kappa shape index (κ2) is 6.70. The molecular formula is C15H14Cl2N2O2. The number of nitrogens with two attached hydrogens (primary N) is 1. The van der Waals surface area contributed by atoms with Crippen molar-refractivity contribution in [3.05, 3.63) is 52.5 Å². The van der Waals surface area contributed by atoms with Crippen molar-refractivity contribution in [2.75, 3.05) is 11.1 Å². The molecule has 0 saturated carbocycles. The van der Waals surface area contributed by atoms with Crippen LogP contribution in [0.15, 0.2) is 42.5 Å². The fraction of sp³-hybridized carbons (Fsp3) is 0.133. The zero-order valence-electron chi connectivity index (χ0n) is 11.3. The summed E-state index contributed by atoms with van der Waals surface area (Å²) in [4.78, 5) is 12.1. The van der Waals surface area contributed by atoms with Crippen LogP contribution >= 0.6 is 23.2 Å². The van der Waals surface area contributed by atoms with Crippen LogP contribution in [0.4, 0.5) is 11.4 Å². The lowest BCUT2D eigenvalue weighted by Gasteiger charge is -2.16. The first-order chi connectivity index (χ1) is 9.97. The summed E-state index contributed by atoms with van der Waals surface area (Å²) >= 11 is 11.9. The van der Waals surface area contributed by atoms with Gasteiger partial charge >= 0.3 is 0 Å². The Labute approximate surface area is 132 Å². The first kappa shape index (κ1) is 15.5. The van der Waals surface area contributed by atoms with Gasteiger partial charge in [0.15, 0.2) is 6.10 Å². The summed E-state index contributed by atoms with van der Waals surface area (Å²) in [6, 6.07) is 11.8. The molecule has 0 fully saturated rings. The van der Waals surface area contributed by atoms with Gasteiger partial charge in [0, 0.05) is 11.4 Å². The van der Waals surface area contributed by atoms with E-state index in [0.29, 0.717) is 22.1 Å². The summed E-state index contributed by atoms with van der Waals surface area (Å²) in [5.74, 6) is 0.0694. The lowest BCUT2D eigenvalue weighted by molar-refractivity contribution is -0.122. The minimum Gasteiger partial charge on any atom is -0.479 e. The highest BCUT2D eigenvalue weighted by Crippen LogP contribution is 2.32. The Morgan fingerprint density at radius 3 is 2.52 bits per heavy atom. The zero-order chi connectivity index (χ0) is 15.4. The Hall–Kier alpha value is -1.91. The Morgan fingerprint density at radius 2 is 1.86 bits per heavy atom. The number of ether oxygens (including phenoxy) is 1. The van der Waals surface area contributed by atoms with Gasteiger partial charge in [0.2, 0.25) is 0 Å². The first-order valence-corrected chi connectivity index (χ1v) is 7.00. The van der Waals surface area contributed by atoms with Crippen LogP contribution < -0.4 is 15.8 Å². The molecule has 0 aromatic heterocycles. The third-order valence-electron chi connectivity index (χ3n) is 2.77. The van der Waals surface area contributed by atoms with Crippen molar-refractivity contribution in [2.24, 2.45) is 0 Å². The number of rotatable bonds is 4. The molecule has 0 radical (unpaired) electrons. The van der Waals surface area contributed by atoms with Gasteiger partial charge in [0.1, 0.15) is 10.8 Å². The Kier molecular flexibility index (Phi) is 4.94. The minimum absolute atomic E-state index is 0.284. The summed E-state index contributed by atoms with van der Waals surface area (Å²) in [5, 5.41) is 3.39. The molecule has 0 aliphatic carbocycles. The molecule has 0 aliphatic heterocycles. The van der Waals surface area contributed by atoms with Crippen LogP contribution in [0.1, 0.15) is 6.92 Å². The van der Waals surface area contributed by atoms with Crippen LogP contribution in [0.3, 0.4) is 0 Å². The normalized spacial score (nSPS) is 11.8. The van der Waals surface area contributed by atoms with Crippen molar-refractivity contribution >= 4 is 40.5 Å². The van der Waals surface area contributed by atoms with Crippen LogP contribution in [0.2, 0.25) is 10.0 Å². The van der Waals surface area contributed by atoms with Gasteiger partial charge in [-0.15, -0.1) is 0 Å². The van der Waals surface area contributed by atoms with Crippen LogP contribution in [0.5, 0.6) is 5.75 Å². The molecule has 4 nitrogen and oxygen atoms in total. The van der Waals surface area contributed by atoms with Gasteiger partial charge in [-0.05, 0) is 43.3 Å². The molecule has 21 heavy (non-hydrogen) atoms. The molecule has 0 spiro atoms. The van der Waals surface area contributed by atoms with Gasteiger partial charge in [0.05, 0.1) is 5.02 Å². The summed E-state index contributed by atoms with van der Waals surface area (Å²) in [6.45, 7) is 1.63. The highest BCUT2D eigenvalue weighted by molar-refractivity contribution is 6.42. The number of carbonyl (C=O) groups excluding carboxylic acids is 1. The fourth-order valence-corrected chi connectivity index (χ4v) is 1.97. The van der Waals surface area contributed by atoms with Crippen molar-refractivity contribution in [3.8, 4) is 5.75 Å². The van der Waals surface area contributed by atoms with E-state index in [0.717, 1.165) is 0 Å². The number of anilines is 2. The summed E-state index contributed by atoms with van der Waals surface area (Å²) in [5.41, 5.74) is 6.85. The molecule has 0 saturated heterocycles. The smallest absolute Gasteiger partial charge is 0.265 e. The quantitative estimate of drug-likeness (QED) is 0.836. The van der Waals surface area contributed by atoms with Crippen LogP contribution in [0.25, 0.3) is 0 Å². The second-order valence-electron chi connectivity index (χ2n) is 4.42. The van der Waals surface area contributed by atoms with Crippen molar-refractivity contribution in [2.45, 2.75) is 13.0 Å². The molecule has 3 N–H and O–H groups in total. The third-order valence-corrected chi connectivity index (χ3v) is 3.57. The van der Waals surface area contributed by atoms with E-state index in [-0.39, 0.29) is 10.9 Å². The maximum Gasteiger partial charge on any atom is 0.265 e. The molecular weight excluding hydrogens is 311 g/mol. The van der Waals surface area contributed by atoms with Crippen LogP contribution in [0, 0.1) is 0 Å². The Balaban J connectivity index is 2.02. The molecule has 0 aliphatic rings. The maximum atomic E-state index is 12.1. The topological polar surface area (TPSA) is 64.3 Å². The van der Waals surface area contributed by atoms with Crippen molar-refractivity contribution in [1.82, 2.24) is 0 Å². The summed E-state index contributed by atoms with van der Waals surface area (Å²) in [7, 11) is 0. The molecule has 6 heteroatoms. The summed E-state index contributed by atoms with van der Waals surface area (Å²) < 4.78 is 5.53. The average molecular weight is 325 g/mol. The number of nitrogens with one attached hydrogen (secondary N) is 1. The molecule has 1 amide bonds. The van der Waals surface area contributed by atoms with Gasteiger partial charge < -0.3 is 15.8 Å². The van der Waals surface area contributed by atoms with Crippen molar-refractivity contribution in [1.29, 1.82) is 0 Å². The van der Waals surface area contributed by atoms with Gasteiger partial charge in [0.25, 0.3) is 5.91 Å². The fourth-order valence-electron chi connectivity index (χ4n) is 1.63. The maximum absolute atomic E-state index is 12.1. The minimum atomic E-state index is -0.724. The van der Waals surface area contributed by atoms with Gasteiger partial charge in [-0.3, -0.25) is 4.79 Å². The summed E-state index contributed by atoms with van der Waals surface area (Å²) in [6.07, 6.45) is -0.724. The van der Waals surface area contributed by atoms with E-state index in [1.165, 1.54) is 0 Å². The first-order valence-electron chi connectivity index (χ1n) is 6.24. The number of benzene rings is 2. The lowest BCUT2D eigenvalue weighted by atomic mass is 10.2. The molecule has 0 bridgehead atoms. The average Bonchev–Trinajstić information content (AvgIpc) is 2.46. The van der Waals surface area contributed by atoms with E-state index in [2.05, 4.69) is 5.32 Å². The Morgan fingerprint density at radius 1 is 1.19 bits per heavy atom. The zero-order valence-corrected chi connectivity index (χ0v) is 12.8. The largest absolute Gasteiger partial charge is 0.479 e. The van der Waals surface area contributed by atoms with E-state index >= 15 is 0 Å². The third kappa shape index (κ3) is 4.03. The molecule has 2 aromatic carbocycles. The molecule has 110 valence electrons. The standard InChI is InChI=1S/C15H14Cl2N2O2/c1-9(21-13-4-2-3-12(16)14(13)17)15(20)19-11-7-5-10(18)6-8-11/h2-9H,18H2,1H3,(H,19,20). The number of hydrogen-bond donors (Lipinski definition) is 2. The number of amides is 1. The molecule has 2 rings (SSSR count). The number of nitrogen functional groups attached to an aromatic ring is 1. The van der Waals surface area contributed by atoms with E-state index < -0.39 is 6.10 Å². The van der Waals surface area contributed by atoms with Gasteiger partial charge in [-0.1, -0.05) is 29.3 Å². The van der Waals surface area contributed by atoms with E-state index in [1.807, 2.05) is 0 Å². The lowest BCUT2D eigenvalue weighted by Crippen LogP contribution is -2.30. The Bertz CT molecular complexity index is 645. The molecule has 1 atom stereocenters. The second-order valence-corrected chi connectivity index (χ2v) is 5.21.